The molecule has 4 rings (SSSR count). The number of halogens is 1. The molecule has 1 N–H and O–H groups in total. The number of ether oxygens (including phenoxy) is 2. The van der Waals surface area contributed by atoms with Gasteiger partial charge in [0.15, 0.2) is 6.61 Å². The minimum Gasteiger partial charge on any atom is -0.484 e. The Morgan fingerprint density at radius 2 is 1.76 bits per heavy atom. The smallest absolute Gasteiger partial charge is 0.236 e. The van der Waals surface area contributed by atoms with Gasteiger partial charge in [-0.05, 0) is 41.3 Å². The molecular weight excluding hydrogens is 452 g/mol. The van der Waals surface area contributed by atoms with Gasteiger partial charge in [-0.3, -0.25) is 4.90 Å². The summed E-state index contributed by atoms with van der Waals surface area (Å²) in [4.78, 5) is 6.68. The quantitative estimate of drug-likeness (QED) is 0.439. The molecule has 2 heterocycles. The molecule has 0 saturated carbocycles. The maximum Gasteiger partial charge on any atom is 0.236 e. The number of rotatable bonds is 9. The monoisotopic (exact) mass is 480 g/mol. The summed E-state index contributed by atoms with van der Waals surface area (Å²) in [6.07, 6.45) is 0. The number of anilines is 1. The van der Waals surface area contributed by atoms with E-state index in [1.165, 1.54) is 11.1 Å². The number of benzene rings is 2. The molecular formula is C26H29ClN4O3. The predicted molar refractivity (Wildman–Crippen MR) is 131 cm³/mol. The van der Waals surface area contributed by atoms with E-state index in [0.717, 1.165) is 13.1 Å². The van der Waals surface area contributed by atoms with Crippen molar-refractivity contribution in [3.05, 3.63) is 76.3 Å². The van der Waals surface area contributed by atoms with Gasteiger partial charge in [0.2, 0.25) is 17.5 Å². The molecule has 8 heteroatoms. The van der Waals surface area contributed by atoms with E-state index in [9.17, 15) is 5.26 Å². The van der Waals surface area contributed by atoms with E-state index in [-0.39, 0.29) is 18.3 Å². The van der Waals surface area contributed by atoms with Crippen LogP contribution in [0.4, 0.5) is 5.88 Å². The zero-order chi connectivity index (χ0) is 23.9. The normalized spacial score (nSPS) is 15.1. The lowest BCUT2D eigenvalue weighted by Gasteiger charge is -2.35. The van der Waals surface area contributed by atoms with Crippen molar-refractivity contribution >= 4 is 17.5 Å². The summed E-state index contributed by atoms with van der Waals surface area (Å²) < 4.78 is 17.1. The number of aromatic nitrogens is 1. The zero-order valence-corrected chi connectivity index (χ0v) is 20.2. The van der Waals surface area contributed by atoms with E-state index < -0.39 is 0 Å². The van der Waals surface area contributed by atoms with Gasteiger partial charge in [-0.25, -0.2) is 0 Å². The van der Waals surface area contributed by atoms with Crippen LogP contribution in [-0.2, 0) is 11.3 Å². The second-order valence-corrected chi connectivity index (χ2v) is 8.94. The van der Waals surface area contributed by atoms with Gasteiger partial charge in [-0.15, -0.1) is 0 Å². The number of morpholine rings is 1. The fourth-order valence-corrected chi connectivity index (χ4v) is 4.06. The van der Waals surface area contributed by atoms with Crippen LogP contribution < -0.4 is 10.1 Å². The van der Waals surface area contributed by atoms with Gasteiger partial charge < -0.3 is 19.2 Å². The number of hydrogen-bond donors (Lipinski definition) is 1. The van der Waals surface area contributed by atoms with Gasteiger partial charge in [0, 0.05) is 24.7 Å². The Bertz CT molecular complexity index is 1100. The van der Waals surface area contributed by atoms with Crippen molar-refractivity contribution in [3.63, 3.8) is 0 Å². The molecule has 0 bridgehead atoms. The molecule has 0 spiro atoms. The first-order valence-electron chi connectivity index (χ1n) is 11.5. The Morgan fingerprint density at radius 1 is 1.09 bits per heavy atom. The summed E-state index contributed by atoms with van der Waals surface area (Å²) in [6.45, 7) is 8.18. The van der Waals surface area contributed by atoms with Crippen LogP contribution in [0.5, 0.6) is 5.75 Å². The number of nitriles is 1. The average molecular weight is 481 g/mol. The minimum absolute atomic E-state index is 0.107. The Hall–Kier alpha value is -3.05. The maximum atomic E-state index is 9.57. The van der Waals surface area contributed by atoms with Crippen molar-refractivity contribution in [3.8, 4) is 11.8 Å². The van der Waals surface area contributed by atoms with E-state index in [1.807, 2.05) is 0 Å². The molecule has 1 aliphatic heterocycles. The topological polar surface area (TPSA) is 83.6 Å². The van der Waals surface area contributed by atoms with Gasteiger partial charge >= 0.3 is 0 Å². The van der Waals surface area contributed by atoms with Crippen LogP contribution in [0, 0.1) is 11.3 Å². The van der Waals surface area contributed by atoms with Gasteiger partial charge in [0.25, 0.3) is 0 Å². The lowest BCUT2D eigenvalue weighted by molar-refractivity contribution is 0.0186. The second kappa shape index (κ2) is 11.4. The molecule has 0 radical (unpaired) electrons. The summed E-state index contributed by atoms with van der Waals surface area (Å²) in [5.41, 5.74) is 2.73. The third kappa shape index (κ3) is 6.09. The predicted octanol–water partition coefficient (Wildman–Crippen LogP) is 5.39. The molecule has 1 atom stereocenters. The highest BCUT2D eigenvalue weighted by Gasteiger charge is 2.24. The first kappa shape index (κ1) is 24.1. The lowest BCUT2D eigenvalue weighted by atomic mass is 9.98. The summed E-state index contributed by atoms with van der Waals surface area (Å²) in [5, 5.41) is 13.5. The van der Waals surface area contributed by atoms with Crippen molar-refractivity contribution in [2.45, 2.75) is 32.4 Å². The van der Waals surface area contributed by atoms with E-state index in [2.05, 4.69) is 59.4 Å². The molecule has 1 aromatic heterocycles. The van der Waals surface area contributed by atoms with Crippen molar-refractivity contribution in [1.29, 1.82) is 5.26 Å². The van der Waals surface area contributed by atoms with Gasteiger partial charge in [0.1, 0.15) is 11.8 Å². The average Bonchev–Trinajstić information content (AvgIpc) is 3.27. The molecule has 34 heavy (non-hydrogen) atoms. The zero-order valence-electron chi connectivity index (χ0n) is 19.5. The Kier molecular flexibility index (Phi) is 8.07. The van der Waals surface area contributed by atoms with Crippen LogP contribution >= 0.6 is 11.6 Å². The molecule has 1 aliphatic rings. The second-order valence-electron chi connectivity index (χ2n) is 8.51. The van der Waals surface area contributed by atoms with Crippen LogP contribution in [0.1, 0.15) is 48.5 Å². The standard InChI is InChI=1S/C26H29ClN4O3/c1-18(2)19-3-5-20(6-4-19)24(31-11-13-32-14-12-31)16-29-26-23(15-28)30-25(34-26)17-33-22-9-7-21(27)8-10-22/h3-10,18,24,29H,11-14,16-17H2,1-2H3. The van der Waals surface area contributed by atoms with Crippen molar-refractivity contribution < 1.29 is 13.9 Å². The summed E-state index contributed by atoms with van der Waals surface area (Å²) in [5.74, 6) is 1.82. The van der Waals surface area contributed by atoms with E-state index >= 15 is 0 Å². The van der Waals surface area contributed by atoms with Crippen molar-refractivity contribution in [1.82, 2.24) is 9.88 Å². The highest BCUT2D eigenvalue weighted by Crippen LogP contribution is 2.26. The summed E-state index contributed by atoms with van der Waals surface area (Å²) >= 11 is 5.91. The molecule has 178 valence electrons. The fraction of sp³-hybridized carbons (Fsp3) is 0.385. The van der Waals surface area contributed by atoms with Crippen molar-refractivity contribution in [2.24, 2.45) is 0 Å². The molecule has 7 nitrogen and oxygen atoms in total. The molecule has 1 unspecified atom stereocenters. The number of nitrogens with zero attached hydrogens (tertiary/aromatic N) is 3. The SMILES string of the molecule is CC(C)c1ccc(C(CNc2oc(COc3ccc(Cl)cc3)nc2C#N)N2CCOCC2)cc1. The van der Waals surface area contributed by atoms with Gasteiger partial charge in [0.05, 0.1) is 19.3 Å². The summed E-state index contributed by atoms with van der Waals surface area (Å²) in [6, 6.07) is 18.0. The molecule has 3 aromatic rings. The molecule has 1 fully saturated rings. The molecule has 0 amide bonds. The van der Waals surface area contributed by atoms with Gasteiger partial charge in [-0.1, -0.05) is 49.7 Å². The number of nitrogens with one attached hydrogen (secondary N) is 1. The van der Waals surface area contributed by atoms with E-state index in [4.69, 9.17) is 25.5 Å². The van der Waals surface area contributed by atoms with Gasteiger partial charge in [-0.2, -0.15) is 10.2 Å². The van der Waals surface area contributed by atoms with Crippen molar-refractivity contribution in [2.75, 3.05) is 38.2 Å². The molecule has 0 aliphatic carbocycles. The van der Waals surface area contributed by atoms with Crippen LogP contribution in [-0.4, -0.2) is 42.7 Å². The van der Waals surface area contributed by atoms with Crippen LogP contribution in [0.25, 0.3) is 0 Å². The first-order valence-corrected chi connectivity index (χ1v) is 11.8. The lowest BCUT2D eigenvalue weighted by Crippen LogP contribution is -2.41. The van der Waals surface area contributed by atoms with Crippen LogP contribution in [0.3, 0.4) is 0 Å². The third-order valence-corrected chi connectivity index (χ3v) is 6.14. The summed E-state index contributed by atoms with van der Waals surface area (Å²) in [7, 11) is 0. The Morgan fingerprint density at radius 3 is 2.41 bits per heavy atom. The third-order valence-electron chi connectivity index (χ3n) is 5.88. The Balaban J connectivity index is 1.46. The largest absolute Gasteiger partial charge is 0.484 e. The molecule has 1 saturated heterocycles. The maximum absolute atomic E-state index is 9.57. The molecule has 2 aromatic carbocycles. The van der Waals surface area contributed by atoms with E-state index in [1.54, 1.807) is 24.3 Å². The Labute approximate surface area is 205 Å². The highest BCUT2D eigenvalue weighted by atomic mass is 35.5. The first-order chi connectivity index (χ1) is 16.5. The van der Waals surface area contributed by atoms with E-state index in [0.29, 0.717) is 48.2 Å². The fourth-order valence-electron chi connectivity index (χ4n) is 3.94. The number of hydrogen-bond acceptors (Lipinski definition) is 7. The van der Waals surface area contributed by atoms with Crippen LogP contribution in [0.2, 0.25) is 5.02 Å². The van der Waals surface area contributed by atoms with Crippen LogP contribution in [0.15, 0.2) is 52.9 Å². The number of oxazole rings is 1. The highest BCUT2D eigenvalue weighted by molar-refractivity contribution is 6.30. The minimum atomic E-state index is 0.107.